The molecule has 1 aliphatic carbocycles. The summed E-state index contributed by atoms with van der Waals surface area (Å²) in [4.78, 5) is 10.8. The summed E-state index contributed by atoms with van der Waals surface area (Å²) >= 11 is 0. The molecule has 0 amide bonds. The van der Waals surface area contributed by atoms with E-state index in [1.165, 1.54) is 18.2 Å². The van der Waals surface area contributed by atoms with Gasteiger partial charge in [-0.3, -0.25) is 0 Å². The summed E-state index contributed by atoms with van der Waals surface area (Å²) in [7, 11) is -3.71. The third-order valence-corrected chi connectivity index (χ3v) is 5.88. The van der Waals surface area contributed by atoms with Gasteiger partial charge in [0.15, 0.2) is 0 Å². The molecule has 0 saturated heterocycles. The molecule has 3 atom stereocenters. The van der Waals surface area contributed by atoms with Gasteiger partial charge in [0.05, 0.1) is 10.9 Å². The highest BCUT2D eigenvalue weighted by Crippen LogP contribution is 2.30. The molecule has 0 aliphatic heterocycles. The molecule has 0 bridgehead atoms. The molecular weight excluding hydrogens is 290 g/mol. The number of rotatable bonds is 4. The first-order chi connectivity index (χ1) is 9.81. The maximum atomic E-state index is 12.4. The summed E-state index contributed by atoms with van der Waals surface area (Å²) in [6.45, 7) is 4.18. The first kappa shape index (κ1) is 16.0. The van der Waals surface area contributed by atoms with Crippen LogP contribution >= 0.6 is 0 Å². The lowest BCUT2D eigenvalue weighted by Gasteiger charge is -2.34. The largest absolute Gasteiger partial charge is 0.545 e. The molecule has 0 heterocycles. The molecule has 6 heteroatoms. The van der Waals surface area contributed by atoms with Crippen LogP contribution in [0.4, 0.5) is 0 Å². The van der Waals surface area contributed by atoms with E-state index >= 15 is 0 Å². The third-order valence-electron chi connectivity index (χ3n) is 4.39. The van der Waals surface area contributed by atoms with Crippen molar-refractivity contribution in [2.45, 2.75) is 44.0 Å². The Kier molecular flexibility index (Phi) is 4.68. The van der Waals surface area contributed by atoms with E-state index < -0.39 is 16.0 Å². The van der Waals surface area contributed by atoms with Gasteiger partial charge in [-0.05, 0) is 36.0 Å². The summed E-state index contributed by atoms with van der Waals surface area (Å²) in [5, 5.41) is 10.8. The first-order valence-corrected chi connectivity index (χ1v) is 8.63. The second-order valence-corrected chi connectivity index (χ2v) is 7.52. The molecule has 0 aromatic heterocycles. The zero-order valence-electron chi connectivity index (χ0n) is 12.2. The van der Waals surface area contributed by atoms with Crippen LogP contribution in [-0.2, 0) is 10.0 Å². The normalized spacial score (nSPS) is 26.5. The smallest absolute Gasteiger partial charge is 0.240 e. The number of hydrogen-bond donors (Lipinski definition) is 1. The predicted molar refractivity (Wildman–Crippen MR) is 77.1 cm³/mol. The minimum absolute atomic E-state index is 0.0328. The number of carbonyl (C=O) groups excluding carboxylic acids is 1. The lowest BCUT2D eigenvalue weighted by atomic mass is 9.78. The molecule has 21 heavy (non-hydrogen) atoms. The second-order valence-electron chi connectivity index (χ2n) is 5.81. The Morgan fingerprint density at radius 2 is 2.00 bits per heavy atom. The molecule has 1 aromatic rings. The van der Waals surface area contributed by atoms with Crippen molar-refractivity contribution in [1.82, 2.24) is 4.72 Å². The fourth-order valence-electron chi connectivity index (χ4n) is 2.81. The van der Waals surface area contributed by atoms with Crippen LogP contribution in [0.1, 0.15) is 43.5 Å². The van der Waals surface area contributed by atoms with Gasteiger partial charge in [-0.2, -0.15) is 0 Å². The van der Waals surface area contributed by atoms with Gasteiger partial charge in [0.1, 0.15) is 0 Å². The number of nitrogens with one attached hydrogen (secondary N) is 1. The first-order valence-electron chi connectivity index (χ1n) is 7.15. The third kappa shape index (κ3) is 3.63. The van der Waals surface area contributed by atoms with E-state index in [0.717, 1.165) is 25.3 Å². The molecule has 0 unspecified atom stereocenters. The van der Waals surface area contributed by atoms with Crippen LogP contribution in [0, 0.1) is 11.8 Å². The van der Waals surface area contributed by atoms with E-state index in [1.807, 2.05) is 0 Å². The van der Waals surface area contributed by atoms with Crippen LogP contribution in [0.3, 0.4) is 0 Å². The molecule has 1 fully saturated rings. The monoisotopic (exact) mass is 310 g/mol. The lowest BCUT2D eigenvalue weighted by molar-refractivity contribution is -0.255. The van der Waals surface area contributed by atoms with Crippen LogP contribution in [0.2, 0.25) is 0 Å². The van der Waals surface area contributed by atoms with Crippen LogP contribution < -0.4 is 9.83 Å². The molecule has 0 spiro atoms. The van der Waals surface area contributed by atoms with Crippen molar-refractivity contribution in [2.24, 2.45) is 11.8 Å². The fraction of sp³-hybridized carbons (Fsp3) is 0.533. The van der Waals surface area contributed by atoms with Crippen molar-refractivity contribution in [3.05, 3.63) is 29.8 Å². The Hall–Kier alpha value is -1.40. The van der Waals surface area contributed by atoms with Crippen LogP contribution in [-0.4, -0.2) is 20.4 Å². The number of sulfonamides is 1. The van der Waals surface area contributed by atoms with Crippen LogP contribution in [0.25, 0.3) is 0 Å². The zero-order chi connectivity index (χ0) is 15.6. The molecular formula is C15H20NO4S-. The Morgan fingerprint density at radius 3 is 2.67 bits per heavy atom. The van der Waals surface area contributed by atoms with E-state index in [0.29, 0.717) is 5.92 Å². The number of benzene rings is 1. The number of hydrogen-bond acceptors (Lipinski definition) is 4. The van der Waals surface area contributed by atoms with Crippen LogP contribution in [0.15, 0.2) is 29.2 Å². The van der Waals surface area contributed by atoms with Gasteiger partial charge < -0.3 is 9.90 Å². The van der Waals surface area contributed by atoms with Crippen molar-refractivity contribution in [2.75, 3.05) is 0 Å². The molecule has 0 radical (unpaired) electrons. The average Bonchev–Trinajstić information content (AvgIpc) is 2.44. The highest BCUT2D eigenvalue weighted by molar-refractivity contribution is 7.89. The van der Waals surface area contributed by atoms with Gasteiger partial charge in [0.2, 0.25) is 10.0 Å². The predicted octanol–water partition coefficient (Wildman–Crippen LogP) is 1.15. The summed E-state index contributed by atoms with van der Waals surface area (Å²) in [6.07, 6.45) is 2.92. The summed E-state index contributed by atoms with van der Waals surface area (Å²) in [5.41, 5.74) is -0.136. The molecule has 5 nitrogen and oxygen atoms in total. The Bertz CT molecular complexity index is 626. The SMILES string of the molecule is C[C@@H]1[C@H](C)CCC[C@H]1NS(=O)(=O)c1cccc(C(=O)[O-])c1. The topological polar surface area (TPSA) is 86.3 Å². The summed E-state index contributed by atoms with van der Waals surface area (Å²) < 4.78 is 27.5. The van der Waals surface area contributed by atoms with Crippen molar-refractivity contribution in [1.29, 1.82) is 0 Å². The highest BCUT2D eigenvalue weighted by atomic mass is 32.2. The summed E-state index contributed by atoms with van der Waals surface area (Å²) in [6, 6.07) is 5.15. The lowest BCUT2D eigenvalue weighted by Crippen LogP contribution is -2.43. The van der Waals surface area contributed by atoms with Crippen molar-refractivity contribution in [3.8, 4) is 0 Å². The number of aromatic carboxylic acids is 1. The zero-order valence-corrected chi connectivity index (χ0v) is 13.0. The Balaban J connectivity index is 2.22. The Labute approximate surface area is 125 Å². The summed E-state index contributed by atoms with van der Waals surface area (Å²) in [5.74, 6) is -0.648. The highest BCUT2D eigenvalue weighted by Gasteiger charge is 2.30. The standard InChI is InChI=1S/C15H21NO4S/c1-10-5-3-8-14(11(10)2)16-21(19,20)13-7-4-6-12(9-13)15(17)18/h4,6-7,9-11,14,16H,3,5,8H2,1-2H3,(H,17,18)/p-1/t10-,11-,14-/m1/s1. The number of carbonyl (C=O) groups is 1. The molecule has 1 aromatic carbocycles. The van der Waals surface area contributed by atoms with Crippen molar-refractivity contribution >= 4 is 16.0 Å². The van der Waals surface area contributed by atoms with Gasteiger partial charge in [-0.25, -0.2) is 13.1 Å². The average molecular weight is 310 g/mol. The van der Waals surface area contributed by atoms with E-state index in [1.54, 1.807) is 0 Å². The van der Waals surface area contributed by atoms with Crippen molar-refractivity contribution < 1.29 is 18.3 Å². The minimum Gasteiger partial charge on any atom is -0.545 e. The molecule has 1 N–H and O–H groups in total. The maximum absolute atomic E-state index is 12.4. The molecule has 2 rings (SSSR count). The number of carboxylic acid groups (broad SMARTS) is 1. The van der Waals surface area contributed by atoms with E-state index in [2.05, 4.69) is 18.6 Å². The van der Waals surface area contributed by atoms with Gasteiger partial charge >= 0.3 is 0 Å². The van der Waals surface area contributed by atoms with E-state index in [9.17, 15) is 18.3 Å². The molecule has 116 valence electrons. The maximum Gasteiger partial charge on any atom is 0.240 e. The Morgan fingerprint density at radius 1 is 1.29 bits per heavy atom. The van der Waals surface area contributed by atoms with Gasteiger partial charge in [-0.1, -0.05) is 38.8 Å². The van der Waals surface area contributed by atoms with Crippen molar-refractivity contribution in [3.63, 3.8) is 0 Å². The minimum atomic E-state index is -3.71. The van der Waals surface area contributed by atoms with E-state index in [4.69, 9.17) is 0 Å². The van der Waals surface area contributed by atoms with Gasteiger partial charge in [0.25, 0.3) is 0 Å². The van der Waals surface area contributed by atoms with Gasteiger partial charge in [-0.15, -0.1) is 0 Å². The quantitative estimate of drug-likeness (QED) is 0.904. The molecule has 1 aliphatic rings. The van der Waals surface area contributed by atoms with Gasteiger partial charge in [0, 0.05) is 6.04 Å². The molecule has 1 saturated carbocycles. The second kappa shape index (κ2) is 6.15. The fourth-order valence-corrected chi connectivity index (χ4v) is 4.21. The number of carboxylic acids is 1. The van der Waals surface area contributed by atoms with Crippen LogP contribution in [0.5, 0.6) is 0 Å². The van der Waals surface area contributed by atoms with E-state index in [-0.39, 0.29) is 22.4 Å².